The van der Waals surface area contributed by atoms with Crippen LogP contribution in [0, 0.1) is 0 Å². The van der Waals surface area contributed by atoms with Crippen molar-refractivity contribution in [3.8, 4) is 17.2 Å². The van der Waals surface area contributed by atoms with Gasteiger partial charge in [0.05, 0.1) is 33.9 Å². The van der Waals surface area contributed by atoms with Crippen molar-refractivity contribution in [1.82, 2.24) is 9.78 Å². The molecule has 0 aliphatic heterocycles. The van der Waals surface area contributed by atoms with Crippen molar-refractivity contribution in [3.63, 3.8) is 0 Å². The molecule has 3 rings (SSSR count). The Bertz CT molecular complexity index is 852. The molecule has 1 heterocycles. The van der Waals surface area contributed by atoms with Gasteiger partial charge in [0, 0.05) is 12.3 Å². The van der Waals surface area contributed by atoms with E-state index in [0.29, 0.717) is 17.2 Å². The first-order valence-corrected chi connectivity index (χ1v) is 8.78. The molecule has 0 radical (unpaired) electrons. The van der Waals surface area contributed by atoms with E-state index in [2.05, 4.69) is 29.5 Å². The Balaban J connectivity index is 1.75. The van der Waals surface area contributed by atoms with E-state index in [1.165, 1.54) is 5.56 Å². The van der Waals surface area contributed by atoms with Gasteiger partial charge in [0.25, 0.3) is 0 Å². The number of hydrogen-bond donors (Lipinski definition) is 1. The van der Waals surface area contributed by atoms with Gasteiger partial charge in [-0.15, -0.1) is 0 Å². The predicted octanol–water partition coefficient (Wildman–Crippen LogP) is 4.13. The van der Waals surface area contributed by atoms with E-state index in [1.54, 1.807) is 21.3 Å². The van der Waals surface area contributed by atoms with Gasteiger partial charge in [0.2, 0.25) is 5.75 Å². The monoisotopic (exact) mass is 367 g/mol. The highest BCUT2D eigenvalue weighted by molar-refractivity contribution is 5.55. The summed E-state index contributed by atoms with van der Waals surface area (Å²) in [6.45, 7) is 2.80. The molecular weight excluding hydrogens is 342 g/mol. The second-order valence-electron chi connectivity index (χ2n) is 6.21. The number of nitrogens with zero attached hydrogens (tertiary/aromatic N) is 2. The molecular formula is C21H25N3O3. The zero-order chi connectivity index (χ0) is 19.2. The van der Waals surface area contributed by atoms with Crippen molar-refractivity contribution < 1.29 is 14.2 Å². The number of benzene rings is 2. The fraction of sp³-hybridized carbons (Fsp3) is 0.286. The second-order valence-corrected chi connectivity index (χ2v) is 6.21. The van der Waals surface area contributed by atoms with Crippen LogP contribution in [-0.2, 0) is 6.54 Å². The number of methoxy groups -OCH3 is 3. The van der Waals surface area contributed by atoms with E-state index in [-0.39, 0.29) is 6.04 Å². The van der Waals surface area contributed by atoms with Gasteiger partial charge < -0.3 is 19.5 Å². The summed E-state index contributed by atoms with van der Waals surface area (Å²) >= 11 is 0. The van der Waals surface area contributed by atoms with Gasteiger partial charge in [-0.3, -0.25) is 4.68 Å². The molecule has 0 bridgehead atoms. The summed E-state index contributed by atoms with van der Waals surface area (Å²) in [6.07, 6.45) is 1.97. The Kier molecular flexibility index (Phi) is 5.86. The van der Waals surface area contributed by atoms with Crippen LogP contribution in [-0.4, -0.2) is 31.1 Å². The third-order valence-corrected chi connectivity index (χ3v) is 4.38. The van der Waals surface area contributed by atoms with Gasteiger partial charge in [-0.05, 0) is 30.2 Å². The summed E-state index contributed by atoms with van der Waals surface area (Å²) in [6, 6.07) is 16.1. The first kappa shape index (κ1) is 18.6. The second kappa shape index (κ2) is 8.49. The van der Waals surface area contributed by atoms with Gasteiger partial charge >= 0.3 is 0 Å². The van der Waals surface area contributed by atoms with Crippen LogP contribution in [0.4, 0.5) is 5.82 Å². The lowest BCUT2D eigenvalue weighted by Gasteiger charge is -2.18. The van der Waals surface area contributed by atoms with Crippen molar-refractivity contribution in [3.05, 3.63) is 65.9 Å². The molecule has 0 fully saturated rings. The maximum Gasteiger partial charge on any atom is 0.203 e. The highest BCUT2D eigenvalue weighted by Crippen LogP contribution is 2.40. The van der Waals surface area contributed by atoms with Crippen LogP contribution in [0.15, 0.2) is 54.7 Å². The quantitative estimate of drug-likeness (QED) is 0.649. The minimum absolute atomic E-state index is 0.0128. The Labute approximate surface area is 159 Å². The van der Waals surface area contributed by atoms with E-state index < -0.39 is 0 Å². The summed E-state index contributed by atoms with van der Waals surface area (Å²) in [4.78, 5) is 0. The van der Waals surface area contributed by atoms with Crippen molar-refractivity contribution in [1.29, 1.82) is 0 Å². The first-order chi connectivity index (χ1) is 13.1. The summed E-state index contributed by atoms with van der Waals surface area (Å²) in [7, 11) is 4.83. The lowest BCUT2D eigenvalue weighted by molar-refractivity contribution is 0.323. The predicted molar refractivity (Wildman–Crippen MR) is 106 cm³/mol. The molecule has 0 saturated carbocycles. The molecule has 3 aromatic rings. The zero-order valence-electron chi connectivity index (χ0n) is 16.1. The molecule has 1 atom stereocenters. The molecule has 6 nitrogen and oxygen atoms in total. The van der Waals surface area contributed by atoms with Crippen LogP contribution in [0.2, 0.25) is 0 Å². The van der Waals surface area contributed by atoms with Gasteiger partial charge in [-0.1, -0.05) is 30.3 Å². The lowest BCUT2D eigenvalue weighted by atomic mass is 10.1. The van der Waals surface area contributed by atoms with E-state index >= 15 is 0 Å². The van der Waals surface area contributed by atoms with Crippen molar-refractivity contribution >= 4 is 5.82 Å². The number of rotatable bonds is 8. The third-order valence-electron chi connectivity index (χ3n) is 4.38. The number of aromatic nitrogens is 2. The summed E-state index contributed by atoms with van der Waals surface area (Å²) < 4.78 is 18.2. The lowest BCUT2D eigenvalue weighted by Crippen LogP contribution is -2.09. The van der Waals surface area contributed by atoms with Gasteiger partial charge in [-0.2, -0.15) is 5.10 Å². The molecule has 6 heteroatoms. The van der Waals surface area contributed by atoms with Gasteiger partial charge in [-0.25, -0.2) is 0 Å². The Morgan fingerprint density at radius 2 is 1.63 bits per heavy atom. The van der Waals surface area contributed by atoms with Crippen LogP contribution < -0.4 is 19.5 Å². The Morgan fingerprint density at radius 3 is 2.22 bits per heavy atom. The van der Waals surface area contributed by atoms with E-state index in [9.17, 15) is 0 Å². The molecule has 2 aromatic carbocycles. The summed E-state index contributed by atoms with van der Waals surface area (Å²) in [5.41, 5.74) is 2.23. The van der Waals surface area contributed by atoms with E-state index in [0.717, 1.165) is 17.9 Å². The Morgan fingerprint density at radius 1 is 0.963 bits per heavy atom. The maximum atomic E-state index is 5.44. The molecule has 0 aliphatic rings. The van der Waals surface area contributed by atoms with Crippen LogP contribution in [0.1, 0.15) is 24.1 Å². The summed E-state index contributed by atoms with van der Waals surface area (Å²) in [5, 5.41) is 8.03. The van der Waals surface area contributed by atoms with Gasteiger partial charge in [0.1, 0.15) is 5.82 Å². The van der Waals surface area contributed by atoms with Crippen LogP contribution in [0.25, 0.3) is 0 Å². The minimum Gasteiger partial charge on any atom is -0.493 e. The first-order valence-electron chi connectivity index (χ1n) is 8.78. The third kappa shape index (κ3) is 4.34. The van der Waals surface area contributed by atoms with Crippen LogP contribution in [0.3, 0.4) is 0 Å². The highest BCUT2D eigenvalue weighted by Gasteiger charge is 2.17. The van der Waals surface area contributed by atoms with Gasteiger partial charge in [0.15, 0.2) is 11.5 Å². The molecule has 0 unspecified atom stereocenters. The number of anilines is 1. The highest BCUT2D eigenvalue weighted by atomic mass is 16.5. The standard InChI is InChI=1S/C21H25N3O3/c1-15(17-12-18(25-2)21(27-4)19(13-17)26-3)22-20-10-11-24(23-20)14-16-8-6-5-7-9-16/h5-13,15H,14H2,1-4H3,(H,22,23)/t15-/m1/s1. The largest absolute Gasteiger partial charge is 0.493 e. The molecule has 1 N–H and O–H groups in total. The number of ether oxygens (including phenoxy) is 3. The number of hydrogen-bond acceptors (Lipinski definition) is 5. The number of nitrogens with one attached hydrogen (secondary N) is 1. The molecule has 1 aromatic heterocycles. The molecule has 0 spiro atoms. The Hall–Kier alpha value is -3.15. The van der Waals surface area contributed by atoms with Crippen molar-refractivity contribution in [2.24, 2.45) is 0 Å². The van der Waals surface area contributed by atoms with Crippen molar-refractivity contribution in [2.75, 3.05) is 26.6 Å². The molecule has 27 heavy (non-hydrogen) atoms. The molecule has 0 aliphatic carbocycles. The maximum absolute atomic E-state index is 5.44. The van der Waals surface area contributed by atoms with E-state index in [4.69, 9.17) is 14.2 Å². The average Bonchev–Trinajstić information content (AvgIpc) is 3.14. The fourth-order valence-corrected chi connectivity index (χ4v) is 2.95. The van der Waals surface area contributed by atoms with Crippen LogP contribution >= 0.6 is 0 Å². The molecule has 142 valence electrons. The van der Waals surface area contributed by atoms with E-state index in [1.807, 2.05) is 47.3 Å². The molecule has 0 saturated heterocycles. The SMILES string of the molecule is COc1cc([C@@H](C)Nc2ccn(Cc3ccccc3)n2)cc(OC)c1OC. The smallest absolute Gasteiger partial charge is 0.203 e. The van der Waals surface area contributed by atoms with Crippen LogP contribution in [0.5, 0.6) is 17.2 Å². The topological polar surface area (TPSA) is 57.5 Å². The zero-order valence-corrected chi connectivity index (χ0v) is 16.1. The minimum atomic E-state index is 0.0128. The average molecular weight is 367 g/mol. The molecule has 0 amide bonds. The summed E-state index contributed by atoms with van der Waals surface area (Å²) in [5.74, 6) is 2.67. The van der Waals surface area contributed by atoms with Crippen molar-refractivity contribution in [2.45, 2.75) is 19.5 Å². The normalized spacial score (nSPS) is 11.7. The fourth-order valence-electron chi connectivity index (χ4n) is 2.95.